The summed E-state index contributed by atoms with van der Waals surface area (Å²) in [6.45, 7) is 2.03. The molecule has 0 aliphatic rings. The fourth-order valence-corrected chi connectivity index (χ4v) is 1.52. The molecule has 0 fully saturated rings. The molecule has 0 spiro atoms. The Hall–Kier alpha value is -0.540. The van der Waals surface area contributed by atoms with Crippen molar-refractivity contribution in [1.82, 2.24) is 0 Å². The van der Waals surface area contributed by atoms with Crippen LogP contribution in [0, 0.1) is 6.92 Å². The third-order valence-corrected chi connectivity index (χ3v) is 2.16. The highest BCUT2D eigenvalue weighted by molar-refractivity contribution is 7.12. The molecular weight excluding hydrogens is 134 g/mol. The van der Waals surface area contributed by atoms with Crippen molar-refractivity contribution in [1.29, 1.82) is 0 Å². The van der Waals surface area contributed by atoms with Crippen LogP contribution in [0.4, 0.5) is 5.69 Å². The van der Waals surface area contributed by atoms with E-state index in [1.807, 2.05) is 13.0 Å². The van der Waals surface area contributed by atoms with Crippen molar-refractivity contribution in [3.63, 3.8) is 0 Å². The van der Waals surface area contributed by atoms with Gasteiger partial charge in [-0.15, -0.1) is 11.3 Å². The SMILES string of the molecule is Cc1cc(N)c(CO)s1. The zero-order valence-corrected chi connectivity index (χ0v) is 6.03. The van der Waals surface area contributed by atoms with Crippen LogP contribution in [0.15, 0.2) is 6.07 Å². The van der Waals surface area contributed by atoms with Gasteiger partial charge in [-0.2, -0.15) is 0 Å². The fourth-order valence-electron chi connectivity index (χ4n) is 0.706. The number of nitrogen functional groups attached to an aromatic ring is 1. The molecule has 0 saturated carbocycles. The lowest BCUT2D eigenvalue weighted by atomic mass is 10.4. The van der Waals surface area contributed by atoms with E-state index < -0.39 is 0 Å². The van der Waals surface area contributed by atoms with Gasteiger partial charge in [0, 0.05) is 10.6 Å². The molecule has 3 N–H and O–H groups in total. The zero-order valence-electron chi connectivity index (χ0n) is 5.22. The standard InChI is InChI=1S/C6H9NOS/c1-4-2-5(7)6(3-8)9-4/h2,8H,3,7H2,1H3. The number of nitrogens with two attached hydrogens (primary N) is 1. The molecule has 1 aromatic rings. The first-order valence-electron chi connectivity index (χ1n) is 2.69. The second kappa shape index (κ2) is 2.37. The molecule has 2 nitrogen and oxygen atoms in total. The third-order valence-electron chi connectivity index (χ3n) is 1.11. The molecule has 0 radical (unpaired) electrons. The highest BCUT2D eigenvalue weighted by Gasteiger charge is 1.99. The van der Waals surface area contributed by atoms with Gasteiger partial charge < -0.3 is 10.8 Å². The van der Waals surface area contributed by atoms with Crippen molar-refractivity contribution in [2.24, 2.45) is 0 Å². The van der Waals surface area contributed by atoms with Gasteiger partial charge in [0.1, 0.15) is 0 Å². The molecule has 0 unspecified atom stereocenters. The van der Waals surface area contributed by atoms with Gasteiger partial charge in [0.25, 0.3) is 0 Å². The minimum absolute atomic E-state index is 0.0599. The van der Waals surface area contributed by atoms with Crippen molar-refractivity contribution < 1.29 is 5.11 Å². The smallest absolute Gasteiger partial charge is 0.0795 e. The molecule has 0 aromatic carbocycles. The van der Waals surface area contributed by atoms with Gasteiger partial charge >= 0.3 is 0 Å². The Bertz CT molecular complexity index is 207. The largest absolute Gasteiger partial charge is 0.398 e. The molecule has 1 aromatic heterocycles. The van der Waals surface area contributed by atoms with Crippen LogP contribution in [0.3, 0.4) is 0 Å². The van der Waals surface area contributed by atoms with E-state index in [1.165, 1.54) is 11.3 Å². The predicted molar refractivity (Wildman–Crippen MR) is 39.4 cm³/mol. The van der Waals surface area contributed by atoms with E-state index in [9.17, 15) is 0 Å². The number of aliphatic hydroxyl groups excluding tert-OH is 1. The summed E-state index contributed by atoms with van der Waals surface area (Å²) in [5, 5.41) is 8.66. The average molecular weight is 143 g/mol. The first-order chi connectivity index (χ1) is 4.24. The normalized spacial score (nSPS) is 10.0. The Morgan fingerprint density at radius 3 is 2.67 bits per heavy atom. The second-order valence-electron chi connectivity index (χ2n) is 1.89. The van der Waals surface area contributed by atoms with E-state index in [0.29, 0.717) is 5.69 Å². The summed E-state index contributed by atoms with van der Waals surface area (Å²) < 4.78 is 0. The molecule has 9 heavy (non-hydrogen) atoms. The van der Waals surface area contributed by atoms with Crippen LogP contribution in [0.2, 0.25) is 0 Å². The van der Waals surface area contributed by atoms with Gasteiger partial charge in [0.15, 0.2) is 0 Å². The van der Waals surface area contributed by atoms with E-state index in [1.54, 1.807) is 0 Å². The third kappa shape index (κ3) is 1.23. The second-order valence-corrected chi connectivity index (χ2v) is 3.23. The summed E-state index contributed by atoms with van der Waals surface area (Å²) >= 11 is 1.54. The zero-order chi connectivity index (χ0) is 6.85. The highest BCUT2D eigenvalue weighted by atomic mass is 32.1. The number of hydrogen-bond acceptors (Lipinski definition) is 3. The van der Waals surface area contributed by atoms with Crippen molar-refractivity contribution in [3.8, 4) is 0 Å². The van der Waals surface area contributed by atoms with E-state index in [2.05, 4.69) is 0 Å². The number of hydrogen-bond donors (Lipinski definition) is 2. The van der Waals surface area contributed by atoms with Crippen LogP contribution in [0.1, 0.15) is 9.75 Å². The molecule has 3 heteroatoms. The van der Waals surface area contributed by atoms with E-state index in [0.717, 1.165) is 9.75 Å². The van der Waals surface area contributed by atoms with Crippen LogP contribution in [0.5, 0.6) is 0 Å². The lowest BCUT2D eigenvalue weighted by Crippen LogP contribution is -1.85. The summed E-state index contributed by atoms with van der Waals surface area (Å²) in [6, 6.07) is 1.87. The molecule has 0 aliphatic heterocycles. The van der Waals surface area contributed by atoms with Gasteiger partial charge in [0.2, 0.25) is 0 Å². The predicted octanol–water partition coefficient (Wildman–Crippen LogP) is 1.13. The summed E-state index contributed by atoms with van der Waals surface area (Å²) in [7, 11) is 0. The fraction of sp³-hybridized carbons (Fsp3) is 0.333. The summed E-state index contributed by atoms with van der Waals surface area (Å²) in [5.41, 5.74) is 6.21. The molecule has 0 amide bonds. The molecule has 0 bridgehead atoms. The van der Waals surface area contributed by atoms with Gasteiger partial charge in [-0.25, -0.2) is 0 Å². The average Bonchev–Trinajstić information content (AvgIpc) is 2.10. The van der Waals surface area contributed by atoms with Crippen LogP contribution < -0.4 is 5.73 Å². The Balaban J connectivity index is 3.01. The monoisotopic (exact) mass is 143 g/mol. The van der Waals surface area contributed by atoms with Gasteiger partial charge in [-0.05, 0) is 13.0 Å². The number of rotatable bonds is 1. The Kier molecular flexibility index (Phi) is 1.73. The molecule has 0 saturated heterocycles. The summed E-state index contributed by atoms with van der Waals surface area (Å²) in [4.78, 5) is 2.02. The Morgan fingerprint density at radius 1 is 1.78 bits per heavy atom. The maximum absolute atomic E-state index is 8.66. The number of aliphatic hydroxyl groups is 1. The van der Waals surface area contributed by atoms with Crippen LogP contribution in [-0.2, 0) is 6.61 Å². The molecule has 50 valence electrons. The lowest BCUT2D eigenvalue weighted by Gasteiger charge is -1.87. The molecule has 1 heterocycles. The first kappa shape index (κ1) is 6.58. The number of thiophene rings is 1. The topological polar surface area (TPSA) is 46.2 Å². The van der Waals surface area contributed by atoms with Crippen molar-refractivity contribution >= 4 is 17.0 Å². The van der Waals surface area contributed by atoms with Gasteiger partial charge in [-0.1, -0.05) is 0 Å². The van der Waals surface area contributed by atoms with E-state index in [4.69, 9.17) is 10.8 Å². The summed E-state index contributed by atoms with van der Waals surface area (Å²) in [6.07, 6.45) is 0. The van der Waals surface area contributed by atoms with E-state index >= 15 is 0 Å². The number of anilines is 1. The van der Waals surface area contributed by atoms with E-state index in [-0.39, 0.29) is 6.61 Å². The van der Waals surface area contributed by atoms with Crippen LogP contribution >= 0.6 is 11.3 Å². The maximum atomic E-state index is 8.66. The molecule has 0 aliphatic carbocycles. The number of aryl methyl sites for hydroxylation is 1. The van der Waals surface area contributed by atoms with Crippen molar-refractivity contribution in [2.45, 2.75) is 13.5 Å². The quantitative estimate of drug-likeness (QED) is 0.619. The molecule has 1 rings (SSSR count). The van der Waals surface area contributed by atoms with Crippen LogP contribution in [-0.4, -0.2) is 5.11 Å². The van der Waals surface area contributed by atoms with Crippen molar-refractivity contribution in [2.75, 3.05) is 5.73 Å². The first-order valence-corrected chi connectivity index (χ1v) is 3.51. The van der Waals surface area contributed by atoms with Crippen LogP contribution in [0.25, 0.3) is 0 Å². The van der Waals surface area contributed by atoms with Gasteiger partial charge in [-0.3, -0.25) is 0 Å². The molecular formula is C6H9NOS. The van der Waals surface area contributed by atoms with Gasteiger partial charge in [0.05, 0.1) is 11.5 Å². The highest BCUT2D eigenvalue weighted by Crippen LogP contribution is 2.22. The Morgan fingerprint density at radius 2 is 2.44 bits per heavy atom. The Labute approximate surface area is 57.9 Å². The lowest BCUT2D eigenvalue weighted by molar-refractivity contribution is 0.286. The minimum atomic E-state index is 0.0599. The molecule has 0 atom stereocenters. The maximum Gasteiger partial charge on any atom is 0.0795 e. The minimum Gasteiger partial charge on any atom is -0.398 e. The summed E-state index contributed by atoms with van der Waals surface area (Å²) in [5.74, 6) is 0. The van der Waals surface area contributed by atoms with Crippen molar-refractivity contribution in [3.05, 3.63) is 15.8 Å².